The molecular weight excluding hydrogens is 970 g/mol. The summed E-state index contributed by atoms with van der Waals surface area (Å²) in [6.45, 7) is 0. The molecule has 0 radical (unpaired) electrons. The number of benzene rings is 4. The molecular formula is C44H34N4O12S4Zn. The fourth-order valence-electron chi connectivity index (χ4n) is 8.42. The minimum absolute atomic E-state index is 0.423. The molecule has 0 amide bonds. The van der Waals surface area contributed by atoms with Gasteiger partial charge >= 0.3 is 240 Å². The molecule has 3 aromatic heterocycles. The fraction of sp³-hybridized carbons (Fsp3) is 0. The van der Waals surface area contributed by atoms with Crippen molar-refractivity contribution in [1.29, 1.82) is 0 Å². The van der Waals surface area contributed by atoms with Crippen LogP contribution in [-0.2, 0) is 55.2 Å². The van der Waals surface area contributed by atoms with Crippen LogP contribution in [0.4, 0.5) is 0 Å². The third-order valence-electron chi connectivity index (χ3n) is 11.4. The van der Waals surface area contributed by atoms with E-state index in [1.54, 1.807) is 0 Å². The van der Waals surface area contributed by atoms with Gasteiger partial charge in [-0.25, -0.2) is 9.97 Å². The molecule has 2 aliphatic heterocycles. The van der Waals surface area contributed by atoms with Gasteiger partial charge in [-0.1, -0.05) is 0 Å². The van der Waals surface area contributed by atoms with E-state index in [0.717, 1.165) is 93.4 Å². The topological polar surface area (TPSA) is 275 Å². The van der Waals surface area contributed by atoms with Crippen molar-refractivity contribution in [2.24, 2.45) is 0 Å². The normalized spacial score (nSPS) is 12.7. The predicted octanol–water partition coefficient (Wildman–Crippen LogP) is 5.08. The second-order valence-electron chi connectivity index (χ2n) is 15.4. The predicted molar refractivity (Wildman–Crippen MR) is 242 cm³/mol. The van der Waals surface area contributed by atoms with Gasteiger partial charge in [0, 0.05) is 22.1 Å². The molecule has 0 atom stereocenters. The van der Waals surface area contributed by atoms with Crippen molar-refractivity contribution in [2.45, 2.75) is 19.6 Å². The molecule has 0 aliphatic carbocycles. The first-order valence-electron chi connectivity index (χ1n) is 19.4. The van der Waals surface area contributed by atoms with E-state index >= 15 is 0 Å². The Morgan fingerprint density at radius 3 is 0.708 bits per heavy atom. The molecule has 0 saturated heterocycles. The Morgan fingerprint density at radius 1 is 0.323 bits per heavy atom. The first-order valence-corrected chi connectivity index (χ1v) is 31.1. The van der Waals surface area contributed by atoms with Crippen LogP contribution in [-0.4, -0.2) is 71.8 Å². The van der Waals surface area contributed by atoms with Gasteiger partial charge in [0.2, 0.25) is 0 Å². The number of rotatable bonds is 8. The number of hydrogen-bond acceptors (Lipinski definition) is 10. The second-order valence-corrected chi connectivity index (χ2v) is 32.4. The number of H-pyrrole nitrogens is 2. The van der Waals surface area contributed by atoms with E-state index < -0.39 is 74.8 Å². The number of nitrogens with zero attached hydrogens (tertiary/aromatic N) is 2. The van der Waals surface area contributed by atoms with E-state index in [0.29, 0.717) is 16.6 Å². The molecule has 4 aromatic carbocycles. The summed E-state index contributed by atoms with van der Waals surface area (Å²) < 4.78 is 134. The average Bonchev–Trinajstić information content (AvgIpc) is 4.08. The summed E-state index contributed by atoms with van der Waals surface area (Å²) in [6, 6.07) is 36.9. The SMILES string of the molecule is C1=Cc2cc3ccc(cc4nc(cc5ccc(cc1n2)[nH]5)C=C4)[nH]3.O=S(=O)(O)c1cc[c]([Zn]([c]2ccc(S(=O)(=O)O)cc2)([c]2ccc(S(=O)(=O)O)cc2)[c]2ccc(S(=O)(=O)O)cc2)cc1. The van der Waals surface area contributed by atoms with Gasteiger partial charge in [0.05, 0.1) is 22.8 Å². The number of hydrogen-bond donors (Lipinski definition) is 6. The van der Waals surface area contributed by atoms with Crippen LogP contribution in [0.1, 0.15) is 22.8 Å². The summed E-state index contributed by atoms with van der Waals surface area (Å²) in [7, 11) is -18.3. The van der Waals surface area contributed by atoms with Crippen LogP contribution in [0, 0.1) is 0 Å². The second kappa shape index (κ2) is 17.3. The maximum absolute atomic E-state index is 11.7. The number of fused-ring (bicyclic) bond motifs is 8. The summed E-state index contributed by atoms with van der Waals surface area (Å²) >= 11 is -4.98. The first-order chi connectivity index (χ1) is 30.6. The van der Waals surface area contributed by atoms with E-state index in [1.165, 1.54) is 48.5 Å². The molecule has 8 bridgehead atoms. The molecule has 6 N–H and O–H groups in total. The van der Waals surface area contributed by atoms with Crippen molar-refractivity contribution in [3.63, 3.8) is 0 Å². The molecule has 2 aliphatic rings. The van der Waals surface area contributed by atoms with Crippen LogP contribution in [0.3, 0.4) is 0 Å². The molecule has 328 valence electrons. The van der Waals surface area contributed by atoms with Crippen LogP contribution in [0.5, 0.6) is 0 Å². The Balaban J connectivity index is 0.000000201. The van der Waals surface area contributed by atoms with Gasteiger partial charge in [-0.3, -0.25) is 0 Å². The Hall–Kier alpha value is -6.26. The molecule has 0 unspecified atom stereocenters. The summed E-state index contributed by atoms with van der Waals surface area (Å²) in [5.41, 5.74) is 7.86. The molecule has 0 spiro atoms. The first kappa shape index (κ1) is 45.3. The average molecular weight is 1000 g/mol. The maximum atomic E-state index is 11.7. The van der Waals surface area contributed by atoms with E-state index in [1.807, 2.05) is 48.6 Å². The van der Waals surface area contributed by atoms with Gasteiger partial charge in [-0.05, 0) is 72.8 Å². The quantitative estimate of drug-likeness (QED) is 0.0856. The monoisotopic (exact) mass is 1000 g/mol. The number of nitrogens with one attached hydrogen (secondary N) is 2. The van der Waals surface area contributed by atoms with Crippen molar-refractivity contribution in [3.05, 3.63) is 168 Å². The Labute approximate surface area is 375 Å². The Morgan fingerprint density at radius 2 is 0.523 bits per heavy atom. The zero-order valence-corrected chi connectivity index (χ0v) is 39.7. The van der Waals surface area contributed by atoms with Gasteiger partial charge in [0.1, 0.15) is 0 Å². The fourth-order valence-corrected chi connectivity index (χ4v) is 24.2. The van der Waals surface area contributed by atoms with Crippen LogP contribution in [0.25, 0.3) is 46.4 Å². The van der Waals surface area contributed by atoms with Gasteiger partial charge < -0.3 is 9.97 Å². The molecule has 7 aromatic rings. The van der Waals surface area contributed by atoms with Gasteiger partial charge in [-0.2, -0.15) is 0 Å². The van der Waals surface area contributed by atoms with Crippen LogP contribution < -0.4 is 16.6 Å². The van der Waals surface area contributed by atoms with E-state index in [9.17, 15) is 51.9 Å². The van der Waals surface area contributed by atoms with Gasteiger partial charge in [0.25, 0.3) is 0 Å². The Bertz CT molecular complexity index is 3210. The Kier molecular flexibility index (Phi) is 12.0. The third kappa shape index (κ3) is 10.0. The van der Waals surface area contributed by atoms with E-state index in [4.69, 9.17) is 0 Å². The number of aromatic nitrogens is 4. The van der Waals surface area contributed by atoms with E-state index in [2.05, 4.69) is 44.2 Å². The van der Waals surface area contributed by atoms with Crippen LogP contribution in [0.15, 0.2) is 165 Å². The van der Waals surface area contributed by atoms with Gasteiger partial charge in [-0.15, -0.1) is 0 Å². The van der Waals surface area contributed by atoms with Gasteiger partial charge in [0.15, 0.2) is 0 Å². The summed E-state index contributed by atoms with van der Waals surface area (Å²) in [5, 5.41) is 0. The van der Waals surface area contributed by atoms with Crippen molar-refractivity contribution >= 4 is 103 Å². The zero-order chi connectivity index (χ0) is 46.4. The number of aromatic amines is 2. The third-order valence-corrected chi connectivity index (χ3v) is 29.1. The molecule has 5 heterocycles. The van der Waals surface area contributed by atoms with Crippen molar-refractivity contribution in [3.8, 4) is 0 Å². The van der Waals surface area contributed by atoms with Crippen LogP contribution in [0.2, 0.25) is 0 Å². The zero-order valence-electron chi connectivity index (χ0n) is 33.5. The summed E-state index contributed by atoms with van der Waals surface area (Å²) in [4.78, 5) is 14.3. The molecule has 65 heavy (non-hydrogen) atoms. The molecule has 0 saturated carbocycles. The van der Waals surface area contributed by atoms with E-state index in [-0.39, 0.29) is 0 Å². The van der Waals surface area contributed by atoms with Crippen molar-refractivity contribution < 1.29 is 66.7 Å². The molecule has 0 fully saturated rings. The molecule has 9 rings (SSSR count). The summed E-state index contributed by atoms with van der Waals surface area (Å²) in [5.74, 6) is 0. The standard InChI is InChI=1S/C20H14N4.4C6H5O3S.Zn/c1-2-14-10-16-5-6-18(23-16)12-20-8-7-19(24-20)11-17-4-3-15(22-17)9-13(1)21-14;4*7-10(8,9)6-4-2-1-3-5-6;/h1-12,21,24H;4*2-5H,(H,7,8,9);. The molecule has 16 nitrogen and oxygen atoms in total. The van der Waals surface area contributed by atoms with Crippen LogP contribution >= 0.6 is 0 Å². The minimum atomic E-state index is -4.98. The molecule has 21 heteroatoms. The van der Waals surface area contributed by atoms with Crippen molar-refractivity contribution in [2.75, 3.05) is 0 Å². The summed E-state index contributed by atoms with van der Waals surface area (Å²) in [6.07, 6.45) is 8.09. The van der Waals surface area contributed by atoms with Crippen molar-refractivity contribution in [1.82, 2.24) is 19.9 Å².